The summed E-state index contributed by atoms with van der Waals surface area (Å²) in [6, 6.07) is 3.43. The largest absolute Gasteiger partial charge is 0.329 e. The highest BCUT2D eigenvalue weighted by Crippen LogP contribution is 2.62. The molecule has 1 aliphatic carbocycles. The molecule has 0 saturated heterocycles. The fraction of sp³-hybridized carbons (Fsp3) is 0.400. The lowest BCUT2D eigenvalue weighted by molar-refractivity contribution is 0.0896. The molecular weight excluding hydrogens is 227 g/mol. The van der Waals surface area contributed by atoms with Crippen molar-refractivity contribution < 1.29 is 13.2 Å². The summed E-state index contributed by atoms with van der Waals surface area (Å²) in [4.78, 5) is 0. The van der Waals surface area contributed by atoms with Gasteiger partial charge in [0.1, 0.15) is 5.82 Å². The van der Waals surface area contributed by atoms with Gasteiger partial charge in [-0.05, 0) is 17.7 Å². The Balaban J connectivity index is 2.46. The molecule has 0 aliphatic heterocycles. The predicted molar refractivity (Wildman–Crippen MR) is 51.7 cm³/mol. The van der Waals surface area contributed by atoms with E-state index in [0.29, 0.717) is 0 Å². The van der Waals surface area contributed by atoms with Crippen LogP contribution in [-0.2, 0) is 5.41 Å². The monoisotopic (exact) mass is 235 g/mol. The van der Waals surface area contributed by atoms with Gasteiger partial charge in [0.15, 0.2) is 0 Å². The summed E-state index contributed by atoms with van der Waals surface area (Å²) in [5, 5.41) is 0.0117. The highest BCUT2D eigenvalue weighted by Gasteiger charge is 2.71. The van der Waals surface area contributed by atoms with Crippen molar-refractivity contribution in [1.82, 2.24) is 0 Å². The van der Waals surface area contributed by atoms with Crippen LogP contribution < -0.4 is 5.73 Å². The molecule has 0 bridgehead atoms. The Morgan fingerprint density at radius 3 is 2.40 bits per heavy atom. The van der Waals surface area contributed by atoms with Crippen molar-refractivity contribution in [3.8, 4) is 0 Å². The van der Waals surface area contributed by atoms with E-state index in [-0.39, 0.29) is 23.6 Å². The third-order valence-corrected chi connectivity index (χ3v) is 3.21. The van der Waals surface area contributed by atoms with Gasteiger partial charge in [0.05, 0.1) is 5.41 Å². The molecular formula is C10H9ClF3N. The van der Waals surface area contributed by atoms with Gasteiger partial charge in [0, 0.05) is 18.0 Å². The standard InChI is InChI=1S/C10H9ClF3N/c11-8-3-6(12)1-2-7(8)9(5-15)4-10(9,13)14/h1-3H,4-5,15H2. The SMILES string of the molecule is NCC1(c2ccc(F)cc2Cl)CC1(F)F. The zero-order valence-corrected chi connectivity index (χ0v) is 8.49. The second kappa shape index (κ2) is 3.12. The first-order valence-electron chi connectivity index (χ1n) is 4.46. The minimum atomic E-state index is -2.83. The van der Waals surface area contributed by atoms with Crippen LogP contribution in [0.25, 0.3) is 0 Å². The molecule has 1 aliphatic rings. The van der Waals surface area contributed by atoms with E-state index in [2.05, 4.69) is 0 Å². The maximum Gasteiger partial charge on any atom is 0.260 e. The smallest absolute Gasteiger partial charge is 0.260 e. The van der Waals surface area contributed by atoms with Gasteiger partial charge in [-0.25, -0.2) is 13.2 Å². The van der Waals surface area contributed by atoms with E-state index in [9.17, 15) is 13.2 Å². The zero-order valence-electron chi connectivity index (χ0n) is 7.74. The molecule has 1 aromatic rings. The van der Waals surface area contributed by atoms with Crippen molar-refractivity contribution in [3.63, 3.8) is 0 Å². The number of alkyl halides is 2. The second-order valence-electron chi connectivity index (χ2n) is 3.79. The van der Waals surface area contributed by atoms with Gasteiger partial charge in [0.25, 0.3) is 5.92 Å². The molecule has 1 aromatic carbocycles. The molecule has 82 valence electrons. The summed E-state index contributed by atoms with van der Waals surface area (Å²) < 4.78 is 39.1. The van der Waals surface area contributed by atoms with Gasteiger partial charge in [-0.2, -0.15) is 0 Å². The normalized spacial score (nSPS) is 27.8. The molecule has 1 unspecified atom stereocenters. The van der Waals surface area contributed by atoms with E-state index < -0.39 is 17.2 Å². The van der Waals surface area contributed by atoms with E-state index in [1.54, 1.807) is 0 Å². The van der Waals surface area contributed by atoms with E-state index in [1.807, 2.05) is 0 Å². The van der Waals surface area contributed by atoms with Crippen LogP contribution in [0.15, 0.2) is 18.2 Å². The maximum absolute atomic E-state index is 13.2. The van der Waals surface area contributed by atoms with Gasteiger partial charge in [-0.15, -0.1) is 0 Å². The predicted octanol–water partition coefficient (Wildman–Crippen LogP) is 2.71. The van der Waals surface area contributed by atoms with Gasteiger partial charge < -0.3 is 5.73 Å². The quantitative estimate of drug-likeness (QED) is 0.838. The first kappa shape index (κ1) is 10.8. The number of hydrogen-bond donors (Lipinski definition) is 1. The molecule has 0 amide bonds. The number of benzene rings is 1. The third kappa shape index (κ3) is 1.43. The molecule has 1 nitrogen and oxygen atoms in total. The van der Waals surface area contributed by atoms with E-state index >= 15 is 0 Å². The average Bonchev–Trinajstić information content (AvgIpc) is 2.69. The summed E-state index contributed by atoms with van der Waals surface area (Å²) in [5.74, 6) is -3.37. The summed E-state index contributed by atoms with van der Waals surface area (Å²) >= 11 is 5.73. The van der Waals surface area contributed by atoms with E-state index in [0.717, 1.165) is 12.1 Å². The summed E-state index contributed by atoms with van der Waals surface area (Å²) in [5.41, 5.74) is 4.19. The first-order chi connectivity index (χ1) is 6.93. The molecule has 0 radical (unpaired) electrons. The lowest BCUT2D eigenvalue weighted by atomic mass is 9.95. The number of rotatable bonds is 2. The average molecular weight is 236 g/mol. The highest BCUT2D eigenvalue weighted by molar-refractivity contribution is 6.31. The lowest BCUT2D eigenvalue weighted by Gasteiger charge is -2.15. The maximum atomic E-state index is 13.2. The Morgan fingerprint density at radius 2 is 2.00 bits per heavy atom. The molecule has 2 rings (SSSR count). The number of hydrogen-bond acceptors (Lipinski definition) is 1. The number of halogens is 4. The van der Waals surface area contributed by atoms with Crippen LogP contribution in [0.4, 0.5) is 13.2 Å². The molecule has 15 heavy (non-hydrogen) atoms. The minimum Gasteiger partial charge on any atom is -0.329 e. The van der Waals surface area contributed by atoms with Crippen LogP contribution in [0.1, 0.15) is 12.0 Å². The Bertz CT molecular complexity index is 408. The molecule has 1 saturated carbocycles. The fourth-order valence-corrected chi connectivity index (χ4v) is 2.18. The van der Waals surface area contributed by atoms with Crippen LogP contribution in [-0.4, -0.2) is 12.5 Å². The van der Waals surface area contributed by atoms with Gasteiger partial charge >= 0.3 is 0 Å². The Kier molecular flexibility index (Phi) is 2.24. The first-order valence-corrected chi connectivity index (χ1v) is 4.84. The molecule has 0 heterocycles. The molecule has 1 fully saturated rings. The Labute approximate surface area is 90.0 Å². The Morgan fingerprint density at radius 1 is 1.40 bits per heavy atom. The van der Waals surface area contributed by atoms with Crippen molar-refractivity contribution in [2.75, 3.05) is 6.54 Å². The molecule has 1 atom stereocenters. The van der Waals surface area contributed by atoms with Gasteiger partial charge in [-0.3, -0.25) is 0 Å². The summed E-state index contributed by atoms with van der Waals surface area (Å²) in [6.07, 6.45) is -0.318. The van der Waals surface area contributed by atoms with Gasteiger partial charge in [-0.1, -0.05) is 17.7 Å². The van der Waals surface area contributed by atoms with Crippen LogP contribution in [0.2, 0.25) is 5.02 Å². The highest BCUT2D eigenvalue weighted by atomic mass is 35.5. The molecule has 0 aromatic heterocycles. The van der Waals surface area contributed by atoms with Crippen molar-refractivity contribution in [3.05, 3.63) is 34.6 Å². The summed E-state index contributed by atoms with van der Waals surface area (Å²) in [6.45, 7) is -0.189. The molecule has 2 N–H and O–H groups in total. The van der Waals surface area contributed by atoms with Crippen molar-refractivity contribution in [1.29, 1.82) is 0 Å². The van der Waals surface area contributed by atoms with Crippen molar-refractivity contribution >= 4 is 11.6 Å². The number of nitrogens with two attached hydrogens (primary N) is 1. The molecule has 5 heteroatoms. The van der Waals surface area contributed by atoms with E-state index in [4.69, 9.17) is 17.3 Å². The second-order valence-corrected chi connectivity index (χ2v) is 4.20. The van der Waals surface area contributed by atoms with Crippen molar-refractivity contribution in [2.24, 2.45) is 5.73 Å². The third-order valence-electron chi connectivity index (χ3n) is 2.89. The lowest BCUT2D eigenvalue weighted by Crippen LogP contribution is -2.27. The van der Waals surface area contributed by atoms with Gasteiger partial charge in [0.2, 0.25) is 0 Å². The Hall–Kier alpha value is -0.740. The fourth-order valence-electron chi connectivity index (χ4n) is 1.84. The topological polar surface area (TPSA) is 26.0 Å². The van der Waals surface area contributed by atoms with Crippen LogP contribution in [0.3, 0.4) is 0 Å². The van der Waals surface area contributed by atoms with Crippen LogP contribution >= 0.6 is 11.6 Å². The zero-order chi connectivity index (χ0) is 11.3. The minimum absolute atomic E-state index is 0.0117. The van der Waals surface area contributed by atoms with E-state index in [1.165, 1.54) is 6.07 Å². The van der Waals surface area contributed by atoms with Crippen LogP contribution in [0, 0.1) is 5.82 Å². The van der Waals surface area contributed by atoms with Crippen molar-refractivity contribution in [2.45, 2.75) is 17.8 Å². The van der Waals surface area contributed by atoms with Crippen LogP contribution in [0.5, 0.6) is 0 Å². The molecule has 0 spiro atoms. The summed E-state index contributed by atoms with van der Waals surface area (Å²) in [7, 11) is 0.